The summed E-state index contributed by atoms with van der Waals surface area (Å²) in [6.07, 6.45) is 0. The van der Waals surface area contributed by atoms with Gasteiger partial charge in [-0.2, -0.15) is 0 Å². The zero-order chi connectivity index (χ0) is 8.27. The molecule has 60 valence electrons. The lowest BCUT2D eigenvalue weighted by atomic mass is 10.4. The van der Waals surface area contributed by atoms with Crippen molar-refractivity contribution in [2.45, 2.75) is 13.8 Å². The van der Waals surface area contributed by atoms with Gasteiger partial charge in [-0.15, -0.1) is 0 Å². The number of anilines is 1. The molecule has 0 atom stereocenters. The van der Waals surface area contributed by atoms with Crippen molar-refractivity contribution in [1.82, 2.24) is 4.98 Å². The Morgan fingerprint density at radius 1 is 1.55 bits per heavy atom. The molecule has 1 heterocycles. The number of hydrogen-bond donors (Lipinski definition) is 1. The van der Waals surface area contributed by atoms with Gasteiger partial charge in [0.05, 0.1) is 5.69 Å². The lowest BCUT2D eigenvalue weighted by molar-refractivity contribution is 1.11. The van der Waals surface area contributed by atoms with Crippen molar-refractivity contribution >= 4 is 28.4 Å². The quantitative estimate of drug-likeness (QED) is 0.828. The Labute approximate surface area is 80.6 Å². The molecule has 0 aromatic carbocycles. The van der Waals surface area contributed by atoms with Crippen LogP contribution in [0.1, 0.15) is 12.6 Å². The van der Waals surface area contributed by atoms with Gasteiger partial charge in [0.25, 0.3) is 0 Å². The fraction of sp³-hybridized carbons (Fsp3) is 0.375. The van der Waals surface area contributed by atoms with Gasteiger partial charge in [-0.3, -0.25) is 0 Å². The lowest BCUT2D eigenvalue weighted by Gasteiger charge is -2.03. The molecule has 2 nitrogen and oxygen atoms in total. The van der Waals surface area contributed by atoms with E-state index < -0.39 is 0 Å². The molecule has 0 saturated carbocycles. The molecule has 0 unspecified atom stereocenters. The van der Waals surface area contributed by atoms with Crippen molar-refractivity contribution in [1.29, 1.82) is 0 Å². The molecule has 0 aliphatic rings. The van der Waals surface area contributed by atoms with Gasteiger partial charge in [-0.05, 0) is 48.6 Å². The third-order valence-electron chi connectivity index (χ3n) is 1.38. The maximum absolute atomic E-state index is 4.34. The van der Waals surface area contributed by atoms with Gasteiger partial charge in [-0.25, -0.2) is 4.98 Å². The summed E-state index contributed by atoms with van der Waals surface area (Å²) in [5.41, 5.74) is 1.09. The lowest BCUT2D eigenvalue weighted by Crippen LogP contribution is -2.00. The van der Waals surface area contributed by atoms with Crippen LogP contribution in [0.2, 0.25) is 0 Å². The first-order valence-corrected chi connectivity index (χ1v) is 4.69. The van der Waals surface area contributed by atoms with Crippen molar-refractivity contribution in [3.63, 3.8) is 0 Å². The summed E-state index contributed by atoms with van der Waals surface area (Å²) in [6.45, 7) is 5.00. The van der Waals surface area contributed by atoms with E-state index in [-0.39, 0.29) is 0 Å². The molecule has 0 spiro atoms. The van der Waals surface area contributed by atoms with Crippen LogP contribution >= 0.6 is 22.6 Å². The molecule has 0 aliphatic heterocycles. The van der Waals surface area contributed by atoms with E-state index in [0.717, 1.165) is 18.1 Å². The van der Waals surface area contributed by atoms with Crippen LogP contribution in [0, 0.1) is 10.5 Å². The highest BCUT2D eigenvalue weighted by molar-refractivity contribution is 14.1. The number of rotatable bonds is 2. The van der Waals surface area contributed by atoms with Crippen molar-refractivity contribution < 1.29 is 0 Å². The second kappa shape index (κ2) is 3.90. The van der Waals surface area contributed by atoms with Crippen LogP contribution < -0.4 is 5.32 Å². The standard InChI is InChI=1S/C8H11IN2/c1-3-10-8-5-4-7(9)6(2)11-8/h4-5H,3H2,1-2H3,(H,10,11). The number of pyridine rings is 1. The van der Waals surface area contributed by atoms with Gasteiger partial charge in [-0.1, -0.05) is 0 Å². The average Bonchev–Trinajstić information content (AvgIpc) is 1.98. The number of hydrogen-bond acceptors (Lipinski definition) is 2. The molecule has 0 saturated heterocycles. The highest BCUT2D eigenvalue weighted by Crippen LogP contribution is 2.11. The smallest absolute Gasteiger partial charge is 0.126 e. The van der Waals surface area contributed by atoms with Crippen LogP contribution in [0.15, 0.2) is 12.1 Å². The second-order valence-corrected chi connectivity index (χ2v) is 3.46. The average molecular weight is 262 g/mol. The molecular weight excluding hydrogens is 251 g/mol. The zero-order valence-corrected chi connectivity index (χ0v) is 8.84. The maximum Gasteiger partial charge on any atom is 0.126 e. The van der Waals surface area contributed by atoms with Crippen LogP contribution in [0.25, 0.3) is 0 Å². The van der Waals surface area contributed by atoms with Crippen LogP contribution in [0.4, 0.5) is 5.82 Å². The highest BCUT2D eigenvalue weighted by Gasteiger charge is 1.95. The molecule has 1 N–H and O–H groups in total. The molecule has 1 rings (SSSR count). The largest absolute Gasteiger partial charge is 0.370 e. The van der Waals surface area contributed by atoms with Crippen molar-refractivity contribution in [3.8, 4) is 0 Å². The van der Waals surface area contributed by atoms with E-state index in [1.165, 1.54) is 3.57 Å². The van der Waals surface area contributed by atoms with E-state index in [9.17, 15) is 0 Å². The Morgan fingerprint density at radius 3 is 2.82 bits per heavy atom. The maximum atomic E-state index is 4.34. The van der Waals surface area contributed by atoms with Crippen molar-refractivity contribution in [2.24, 2.45) is 0 Å². The summed E-state index contributed by atoms with van der Waals surface area (Å²) in [7, 11) is 0. The fourth-order valence-electron chi connectivity index (χ4n) is 0.824. The van der Waals surface area contributed by atoms with Crippen LogP contribution in [0.3, 0.4) is 0 Å². The van der Waals surface area contributed by atoms with Gasteiger partial charge in [0, 0.05) is 10.1 Å². The molecule has 11 heavy (non-hydrogen) atoms. The van der Waals surface area contributed by atoms with Gasteiger partial charge >= 0.3 is 0 Å². The SMILES string of the molecule is CCNc1ccc(I)c(C)n1. The third kappa shape index (κ3) is 2.32. The van der Waals surface area contributed by atoms with E-state index in [1.807, 2.05) is 13.0 Å². The molecule has 0 bridgehead atoms. The van der Waals surface area contributed by atoms with Gasteiger partial charge in [0.1, 0.15) is 5.82 Å². The van der Waals surface area contributed by atoms with E-state index >= 15 is 0 Å². The number of halogens is 1. The Bertz CT molecular complexity index is 248. The Kier molecular flexibility index (Phi) is 3.11. The van der Waals surface area contributed by atoms with Crippen LogP contribution in [-0.4, -0.2) is 11.5 Å². The van der Waals surface area contributed by atoms with Crippen molar-refractivity contribution in [2.75, 3.05) is 11.9 Å². The van der Waals surface area contributed by atoms with Crippen LogP contribution in [0.5, 0.6) is 0 Å². The van der Waals surface area contributed by atoms with E-state index in [1.54, 1.807) is 0 Å². The topological polar surface area (TPSA) is 24.9 Å². The van der Waals surface area contributed by atoms with E-state index in [2.05, 4.69) is 45.9 Å². The monoisotopic (exact) mass is 262 g/mol. The Morgan fingerprint density at radius 2 is 2.27 bits per heavy atom. The minimum Gasteiger partial charge on any atom is -0.370 e. The summed E-state index contributed by atoms with van der Waals surface area (Å²) in [5, 5.41) is 3.16. The predicted molar refractivity (Wildman–Crippen MR) is 55.9 cm³/mol. The number of nitrogens with zero attached hydrogens (tertiary/aromatic N) is 1. The first kappa shape index (κ1) is 8.77. The highest BCUT2D eigenvalue weighted by atomic mass is 127. The van der Waals surface area contributed by atoms with Crippen LogP contribution in [-0.2, 0) is 0 Å². The van der Waals surface area contributed by atoms with Gasteiger partial charge in [0.2, 0.25) is 0 Å². The molecule has 0 fully saturated rings. The molecule has 0 amide bonds. The third-order valence-corrected chi connectivity index (χ3v) is 2.52. The minimum absolute atomic E-state index is 0.924. The summed E-state index contributed by atoms with van der Waals surface area (Å²) < 4.78 is 1.21. The van der Waals surface area contributed by atoms with Gasteiger partial charge in [0.15, 0.2) is 0 Å². The fourth-order valence-corrected chi connectivity index (χ4v) is 1.12. The molecular formula is C8H11IN2. The van der Waals surface area contributed by atoms with Gasteiger partial charge < -0.3 is 5.32 Å². The van der Waals surface area contributed by atoms with E-state index in [4.69, 9.17) is 0 Å². The first-order chi connectivity index (χ1) is 5.24. The molecule has 0 aliphatic carbocycles. The number of aryl methyl sites for hydroxylation is 1. The normalized spacial score (nSPS) is 9.73. The first-order valence-electron chi connectivity index (χ1n) is 3.61. The summed E-state index contributed by atoms with van der Waals surface area (Å²) in [5.74, 6) is 0.963. The summed E-state index contributed by atoms with van der Waals surface area (Å²) in [4.78, 5) is 4.34. The molecule has 0 radical (unpaired) electrons. The molecule has 1 aromatic rings. The number of nitrogens with one attached hydrogen (secondary N) is 1. The van der Waals surface area contributed by atoms with Crippen molar-refractivity contribution in [3.05, 3.63) is 21.4 Å². The summed E-state index contributed by atoms with van der Waals surface area (Å²) >= 11 is 2.28. The zero-order valence-electron chi connectivity index (χ0n) is 6.69. The molecule has 3 heteroatoms. The Balaban J connectivity index is 2.86. The second-order valence-electron chi connectivity index (χ2n) is 2.29. The minimum atomic E-state index is 0.924. The summed E-state index contributed by atoms with van der Waals surface area (Å²) in [6, 6.07) is 4.07. The van der Waals surface area contributed by atoms with E-state index in [0.29, 0.717) is 0 Å². The number of aromatic nitrogens is 1. The molecule has 1 aromatic heterocycles. The Hall–Kier alpha value is -0.320. The predicted octanol–water partition coefficient (Wildman–Crippen LogP) is 2.43.